The van der Waals surface area contributed by atoms with Crippen LogP contribution in [0, 0.1) is 10.1 Å². The molecule has 1 rings (SSSR count). The molecule has 1 heterocycles. The van der Waals surface area contributed by atoms with Crippen LogP contribution in [-0.2, 0) is 10.0 Å². The van der Waals surface area contributed by atoms with Crippen LogP contribution in [0.2, 0.25) is 0 Å². The van der Waals surface area contributed by atoms with Gasteiger partial charge >= 0.3 is 5.69 Å². The third kappa shape index (κ3) is 5.48. The predicted octanol–water partition coefficient (Wildman–Crippen LogP) is -0.0768. The summed E-state index contributed by atoms with van der Waals surface area (Å²) in [5.41, 5.74) is 5.18. The molecule has 0 aliphatic carbocycles. The Bertz CT molecular complexity index is 560. The van der Waals surface area contributed by atoms with Crippen LogP contribution in [0.15, 0.2) is 12.1 Å². The molecule has 0 bridgehead atoms. The maximum Gasteiger partial charge on any atom is 0.311 e. The van der Waals surface area contributed by atoms with Gasteiger partial charge in [-0.2, -0.15) is 0 Å². The van der Waals surface area contributed by atoms with E-state index in [0.29, 0.717) is 25.3 Å². The minimum atomic E-state index is -3.18. The van der Waals surface area contributed by atoms with E-state index in [1.807, 2.05) is 0 Å². The number of nitrogens with two attached hydrogens (primary N) is 1. The molecule has 0 atom stereocenters. The van der Waals surface area contributed by atoms with Crippen molar-refractivity contribution in [3.8, 4) is 0 Å². The zero-order valence-corrected chi connectivity index (χ0v) is 11.1. The predicted molar refractivity (Wildman–Crippen MR) is 71.3 cm³/mol. The van der Waals surface area contributed by atoms with Crippen molar-refractivity contribution < 1.29 is 13.3 Å². The summed E-state index contributed by atoms with van der Waals surface area (Å²) in [5.74, 6) is 0.242. The van der Waals surface area contributed by atoms with Crippen molar-refractivity contribution in [2.75, 3.05) is 30.4 Å². The molecule has 106 valence electrons. The Morgan fingerprint density at radius 1 is 1.42 bits per heavy atom. The normalized spacial score (nSPS) is 11.2. The number of nitrogens with one attached hydrogen (secondary N) is 2. The lowest BCUT2D eigenvalue weighted by Crippen LogP contribution is -2.24. The number of nitrogens with zero attached hydrogens (tertiary/aromatic N) is 2. The number of rotatable bonds is 7. The van der Waals surface area contributed by atoms with Gasteiger partial charge in [0.2, 0.25) is 15.8 Å². The van der Waals surface area contributed by atoms with Gasteiger partial charge in [0, 0.05) is 19.2 Å². The number of hydrogen-bond donors (Lipinski definition) is 3. The topological polar surface area (TPSA) is 140 Å². The first-order valence-electron chi connectivity index (χ1n) is 5.39. The van der Waals surface area contributed by atoms with E-state index in [9.17, 15) is 18.5 Å². The van der Waals surface area contributed by atoms with Gasteiger partial charge in [-0.25, -0.2) is 18.1 Å². The average Bonchev–Trinajstić information content (AvgIpc) is 2.26. The summed E-state index contributed by atoms with van der Waals surface area (Å²) in [6.07, 6.45) is 1.63. The molecular formula is C9H15N5O4S. The highest BCUT2D eigenvalue weighted by atomic mass is 32.2. The molecule has 0 aliphatic rings. The Kier molecular flexibility index (Phi) is 5.01. The van der Waals surface area contributed by atoms with E-state index in [2.05, 4.69) is 15.0 Å². The first-order valence-corrected chi connectivity index (χ1v) is 7.28. The number of sulfonamides is 1. The number of hydrogen-bond acceptors (Lipinski definition) is 7. The van der Waals surface area contributed by atoms with Crippen molar-refractivity contribution in [3.63, 3.8) is 0 Å². The smallest absolute Gasteiger partial charge is 0.311 e. The first kappa shape index (κ1) is 15.1. The molecule has 0 radical (unpaired) electrons. The van der Waals surface area contributed by atoms with E-state index in [4.69, 9.17) is 5.73 Å². The summed E-state index contributed by atoms with van der Waals surface area (Å²) < 4.78 is 23.9. The van der Waals surface area contributed by atoms with Crippen molar-refractivity contribution >= 4 is 27.3 Å². The minimum absolute atomic E-state index is 0.163. The summed E-state index contributed by atoms with van der Waals surface area (Å²) >= 11 is 0. The van der Waals surface area contributed by atoms with Gasteiger partial charge in [-0.3, -0.25) is 10.1 Å². The largest absolute Gasteiger partial charge is 0.378 e. The van der Waals surface area contributed by atoms with Crippen LogP contribution in [0.25, 0.3) is 0 Å². The van der Waals surface area contributed by atoms with E-state index in [-0.39, 0.29) is 11.5 Å². The second-order valence-corrected chi connectivity index (χ2v) is 5.64. The fraction of sp³-hybridized carbons (Fsp3) is 0.444. The molecule has 0 aliphatic heterocycles. The molecule has 9 nitrogen and oxygen atoms in total. The fourth-order valence-electron chi connectivity index (χ4n) is 1.28. The molecule has 0 saturated carbocycles. The highest BCUT2D eigenvalue weighted by molar-refractivity contribution is 7.88. The summed E-state index contributed by atoms with van der Waals surface area (Å²) in [7, 11) is -3.18. The molecule has 1 aromatic rings. The molecule has 0 saturated heterocycles. The van der Waals surface area contributed by atoms with Crippen LogP contribution in [0.1, 0.15) is 6.42 Å². The SMILES string of the molecule is CS(=O)(=O)NCCCNc1ccc([N+](=O)[O-])c(N)n1. The second kappa shape index (κ2) is 6.29. The van der Waals surface area contributed by atoms with Crippen LogP contribution in [0.5, 0.6) is 0 Å². The van der Waals surface area contributed by atoms with Crippen molar-refractivity contribution in [1.82, 2.24) is 9.71 Å². The van der Waals surface area contributed by atoms with Gasteiger partial charge in [0.1, 0.15) is 5.82 Å². The van der Waals surface area contributed by atoms with Crippen LogP contribution in [0.4, 0.5) is 17.3 Å². The fourth-order valence-corrected chi connectivity index (χ4v) is 1.80. The average molecular weight is 289 g/mol. The maximum absolute atomic E-state index is 10.8. The van der Waals surface area contributed by atoms with Gasteiger partial charge in [-0.15, -0.1) is 0 Å². The third-order valence-electron chi connectivity index (χ3n) is 2.12. The monoisotopic (exact) mass is 289 g/mol. The molecule has 10 heteroatoms. The molecular weight excluding hydrogens is 274 g/mol. The number of nitro groups is 1. The maximum atomic E-state index is 10.8. The molecule has 0 spiro atoms. The zero-order valence-electron chi connectivity index (χ0n) is 10.3. The van der Waals surface area contributed by atoms with Gasteiger partial charge in [0.05, 0.1) is 11.2 Å². The second-order valence-electron chi connectivity index (χ2n) is 3.80. The Morgan fingerprint density at radius 3 is 2.63 bits per heavy atom. The van der Waals surface area contributed by atoms with Crippen LogP contribution in [0.3, 0.4) is 0 Å². The molecule has 0 unspecified atom stereocenters. The van der Waals surface area contributed by atoms with Crippen LogP contribution >= 0.6 is 0 Å². The quantitative estimate of drug-likeness (QED) is 0.362. The lowest BCUT2D eigenvalue weighted by Gasteiger charge is -2.06. The Morgan fingerprint density at radius 2 is 2.11 bits per heavy atom. The lowest BCUT2D eigenvalue weighted by atomic mass is 10.3. The third-order valence-corrected chi connectivity index (χ3v) is 2.85. The van der Waals surface area contributed by atoms with E-state index >= 15 is 0 Å². The van der Waals surface area contributed by atoms with Crippen molar-refractivity contribution in [3.05, 3.63) is 22.2 Å². The summed E-state index contributed by atoms with van der Waals surface area (Å²) in [6.45, 7) is 0.765. The van der Waals surface area contributed by atoms with Crippen LogP contribution < -0.4 is 15.8 Å². The van der Waals surface area contributed by atoms with Gasteiger partial charge in [-0.1, -0.05) is 0 Å². The first-order chi connectivity index (χ1) is 8.79. The van der Waals surface area contributed by atoms with E-state index in [1.165, 1.54) is 12.1 Å². The van der Waals surface area contributed by atoms with Crippen molar-refractivity contribution in [2.24, 2.45) is 0 Å². The molecule has 0 fully saturated rings. The standard InChI is InChI=1S/C9H15N5O4S/c1-19(17,18)12-6-2-5-11-8-4-3-7(14(15)16)9(10)13-8/h3-4,12H,2,5-6H2,1H3,(H3,10,11,13). The Balaban J connectivity index is 2.42. The van der Waals surface area contributed by atoms with E-state index in [0.717, 1.165) is 6.26 Å². The number of anilines is 2. The van der Waals surface area contributed by atoms with E-state index in [1.54, 1.807) is 0 Å². The zero-order chi connectivity index (χ0) is 14.5. The lowest BCUT2D eigenvalue weighted by molar-refractivity contribution is -0.384. The summed E-state index contributed by atoms with van der Waals surface area (Å²) in [5, 5.41) is 13.4. The van der Waals surface area contributed by atoms with Gasteiger partial charge in [0.25, 0.3) is 0 Å². The molecule has 1 aromatic heterocycles. The molecule has 4 N–H and O–H groups in total. The molecule has 0 aromatic carbocycles. The van der Waals surface area contributed by atoms with Gasteiger partial charge < -0.3 is 11.1 Å². The van der Waals surface area contributed by atoms with E-state index < -0.39 is 14.9 Å². The minimum Gasteiger partial charge on any atom is -0.378 e. The Labute approximate surface area is 110 Å². The molecule has 0 amide bonds. The number of pyridine rings is 1. The van der Waals surface area contributed by atoms with Crippen LogP contribution in [-0.4, -0.2) is 37.7 Å². The molecule has 19 heavy (non-hydrogen) atoms. The summed E-state index contributed by atoms with van der Waals surface area (Å²) in [4.78, 5) is 13.7. The Hall–Kier alpha value is -1.94. The van der Waals surface area contributed by atoms with Crippen molar-refractivity contribution in [1.29, 1.82) is 0 Å². The highest BCUT2D eigenvalue weighted by Gasteiger charge is 2.12. The van der Waals surface area contributed by atoms with Gasteiger partial charge in [0.15, 0.2) is 0 Å². The highest BCUT2D eigenvalue weighted by Crippen LogP contribution is 2.20. The number of aromatic nitrogens is 1. The van der Waals surface area contributed by atoms with Gasteiger partial charge in [-0.05, 0) is 12.5 Å². The van der Waals surface area contributed by atoms with Crippen molar-refractivity contribution in [2.45, 2.75) is 6.42 Å². The number of nitrogen functional groups attached to an aromatic ring is 1. The summed E-state index contributed by atoms with van der Waals surface area (Å²) in [6, 6.07) is 2.71.